The van der Waals surface area contributed by atoms with E-state index in [4.69, 9.17) is 0 Å². The van der Waals surface area contributed by atoms with Gasteiger partial charge in [0.05, 0.1) is 0 Å². The Kier molecular flexibility index (Phi) is 3.62. The van der Waals surface area contributed by atoms with Crippen molar-refractivity contribution in [2.45, 2.75) is 57.8 Å². The molecule has 5 aliphatic rings. The van der Waals surface area contributed by atoms with E-state index in [2.05, 4.69) is 25.7 Å². The van der Waals surface area contributed by atoms with Gasteiger partial charge in [0.25, 0.3) is 0 Å². The topological polar surface area (TPSA) is 0 Å². The van der Waals surface area contributed by atoms with Crippen molar-refractivity contribution in [3.63, 3.8) is 0 Å². The summed E-state index contributed by atoms with van der Waals surface area (Å²) in [6.07, 6.45) is 21.7. The van der Waals surface area contributed by atoms with Gasteiger partial charge in [-0.15, -0.1) is 0 Å². The summed E-state index contributed by atoms with van der Waals surface area (Å²) in [5, 5.41) is 0. The lowest BCUT2D eigenvalue weighted by atomic mass is 9.80. The third-order valence-electron chi connectivity index (χ3n) is 4.98. The van der Waals surface area contributed by atoms with Crippen LogP contribution >= 0.6 is 0 Å². The second-order valence-corrected chi connectivity index (χ2v) is 6.39. The maximum Gasteiger partial charge on any atom is -0.0130 e. The quantitative estimate of drug-likeness (QED) is 0.578. The lowest BCUT2D eigenvalue weighted by Gasteiger charge is -2.24. The van der Waals surface area contributed by atoms with Crippen LogP contribution in [0.2, 0.25) is 0 Å². The van der Waals surface area contributed by atoms with Gasteiger partial charge in [-0.1, -0.05) is 19.3 Å². The van der Waals surface area contributed by atoms with Gasteiger partial charge in [0.1, 0.15) is 0 Å². The van der Waals surface area contributed by atoms with Gasteiger partial charge in [-0.2, -0.15) is 0 Å². The van der Waals surface area contributed by atoms with E-state index in [-0.39, 0.29) is 0 Å². The Morgan fingerprint density at radius 1 is 0.421 bits per heavy atom. The first-order valence-electron chi connectivity index (χ1n) is 7.93. The Morgan fingerprint density at radius 3 is 1.11 bits per heavy atom. The van der Waals surface area contributed by atoms with E-state index >= 15 is 0 Å². The van der Waals surface area contributed by atoms with E-state index in [1.54, 1.807) is 35.5 Å². The second-order valence-electron chi connectivity index (χ2n) is 6.39. The van der Waals surface area contributed by atoms with E-state index in [1.807, 2.05) is 0 Å². The average molecular weight is 250 g/mol. The number of rotatable bonds is 0. The third kappa shape index (κ3) is 2.61. The molecule has 0 N–H and O–H groups in total. The molecule has 5 rings (SSSR count). The van der Waals surface area contributed by atoms with E-state index in [1.165, 1.54) is 57.8 Å². The molecule has 0 unspecified atom stereocenters. The molecular weight excluding hydrogens is 228 g/mol. The fourth-order valence-corrected chi connectivity index (χ4v) is 4.00. The molecule has 6 bridgehead atoms. The second kappa shape index (κ2) is 5.41. The number of hydrogen-bond donors (Lipinski definition) is 0. The zero-order valence-corrected chi connectivity index (χ0v) is 11.7. The minimum Gasteiger partial charge on any atom is -0.0522 e. The molecule has 10 radical (unpaired) electrons. The molecule has 0 heterocycles. The van der Waals surface area contributed by atoms with Gasteiger partial charge in [-0.3, -0.25) is 0 Å². The number of hydrogen-bond acceptors (Lipinski definition) is 0. The highest BCUT2D eigenvalue weighted by atomic mass is 14.4. The molecule has 5 saturated carbocycles. The summed E-state index contributed by atoms with van der Waals surface area (Å²) in [4.78, 5) is 0. The van der Waals surface area contributed by atoms with Crippen molar-refractivity contribution in [1.29, 1.82) is 0 Å². The van der Waals surface area contributed by atoms with E-state index in [0.29, 0.717) is 0 Å². The summed E-state index contributed by atoms with van der Waals surface area (Å²) in [5.41, 5.74) is 0. The van der Waals surface area contributed by atoms with Gasteiger partial charge in [-0.25, -0.2) is 0 Å². The van der Waals surface area contributed by atoms with Crippen LogP contribution in [0.25, 0.3) is 0 Å². The van der Waals surface area contributed by atoms with Crippen LogP contribution in [0.15, 0.2) is 0 Å². The maximum absolute atomic E-state index is 2.51. The lowest BCUT2D eigenvalue weighted by molar-refractivity contribution is 0.628. The van der Waals surface area contributed by atoms with Crippen LogP contribution in [-0.2, 0) is 0 Å². The van der Waals surface area contributed by atoms with Gasteiger partial charge in [0.2, 0.25) is 0 Å². The summed E-state index contributed by atoms with van der Waals surface area (Å²) in [7, 11) is 0. The van der Waals surface area contributed by atoms with E-state index < -0.39 is 0 Å². The highest BCUT2D eigenvalue weighted by Gasteiger charge is 2.40. The van der Waals surface area contributed by atoms with Crippen molar-refractivity contribution in [1.82, 2.24) is 0 Å². The van der Waals surface area contributed by atoms with Gasteiger partial charge < -0.3 is 0 Å². The lowest BCUT2D eigenvalue weighted by Crippen LogP contribution is -2.11. The fraction of sp³-hybridized carbons (Fsp3) is 0.474. The van der Waals surface area contributed by atoms with Crippen molar-refractivity contribution in [3.8, 4) is 0 Å². The zero-order valence-electron chi connectivity index (χ0n) is 11.7. The molecule has 0 aromatic rings. The molecule has 0 aliphatic heterocycles. The van der Waals surface area contributed by atoms with Crippen molar-refractivity contribution < 1.29 is 0 Å². The van der Waals surface area contributed by atoms with Gasteiger partial charge in [-0.05, 0) is 99.7 Å². The van der Waals surface area contributed by atoms with Crippen LogP contribution < -0.4 is 0 Å². The molecular formula is C19H22. The molecule has 98 valence electrons. The molecule has 5 aliphatic carbocycles. The molecule has 0 aromatic heterocycles. The molecule has 0 nitrogen and oxygen atoms in total. The minimum absolute atomic E-state index is 1.27. The van der Waals surface area contributed by atoms with Crippen molar-refractivity contribution in [2.75, 3.05) is 0 Å². The van der Waals surface area contributed by atoms with Crippen LogP contribution in [0.5, 0.6) is 0 Å². The first-order chi connectivity index (χ1) is 9.38. The first kappa shape index (κ1) is 12.7. The maximum atomic E-state index is 2.51. The van der Waals surface area contributed by atoms with Crippen LogP contribution in [0, 0.1) is 61.2 Å². The summed E-state index contributed by atoms with van der Waals surface area (Å²) in [6.45, 7) is 0. The number of fused-ring (bicyclic) bond motifs is 6. The Hall–Kier alpha value is 0. The largest absolute Gasteiger partial charge is 0.0522 e. The van der Waals surface area contributed by atoms with Gasteiger partial charge in [0, 0.05) is 0 Å². The molecule has 5 fully saturated rings. The smallest absolute Gasteiger partial charge is 0.0130 e. The van der Waals surface area contributed by atoms with Crippen LogP contribution in [-0.4, -0.2) is 0 Å². The Labute approximate surface area is 119 Å². The van der Waals surface area contributed by atoms with Crippen molar-refractivity contribution in [2.24, 2.45) is 0 Å². The van der Waals surface area contributed by atoms with Crippen molar-refractivity contribution in [3.05, 3.63) is 61.2 Å². The first-order valence-corrected chi connectivity index (χ1v) is 7.93. The highest BCUT2D eigenvalue weighted by Crippen LogP contribution is 2.52. The predicted octanol–water partition coefficient (Wildman–Crippen LogP) is 4.82. The summed E-state index contributed by atoms with van der Waals surface area (Å²) in [6, 6.07) is 0. The molecule has 0 amide bonds. The average Bonchev–Trinajstić information content (AvgIpc) is 2.94. The summed E-state index contributed by atoms with van der Waals surface area (Å²) >= 11 is 0. The monoisotopic (exact) mass is 250 g/mol. The molecule has 0 aromatic carbocycles. The van der Waals surface area contributed by atoms with Crippen LogP contribution in [0.1, 0.15) is 57.8 Å². The van der Waals surface area contributed by atoms with Gasteiger partial charge >= 0.3 is 0 Å². The molecule has 0 heteroatoms. The standard InChI is InChI=1S/C19H22/c1-4-14-10-16-6-2-7-17-11-15(5-1)13-19(17)9-3-8-18(16)12-14/h10-13H,1-9H2. The Balaban J connectivity index is 1.56. The van der Waals surface area contributed by atoms with E-state index in [9.17, 15) is 0 Å². The minimum atomic E-state index is 1.27. The van der Waals surface area contributed by atoms with Crippen molar-refractivity contribution >= 4 is 0 Å². The predicted molar refractivity (Wildman–Crippen MR) is 78.2 cm³/mol. The summed E-state index contributed by atoms with van der Waals surface area (Å²) in [5.74, 6) is 9.82. The highest BCUT2D eigenvalue weighted by molar-refractivity contribution is 5.53. The zero-order chi connectivity index (χ0) is 12.7. The SMILES string of the molecule is [CH]1[C]2[CH][C]3CCC[C]4[CH][C]([CH][C]4CCC[C]13)CCC2. The molecule has 0 atom stereocenters. The Morgan fingerprint density at radius 2 is 0.737 bits per heavy atom. The van der Waals surface area contributed by atoms with Crippen LogP contribution in [0.4, 0.5) is 0 Å². The molecule has 0 saturated heterocycles. The van der Waals surface area contributed by atoms with E-state index in [0.717, 1.165) is 0 Å². The molecule has 0 spiro atoms. The normalized spacial score (nSPS) is 33.5. The molecule has 19 heavy (non-hydrogen) atoms. The fourth-order valence-electron chi connectivity index (χ4n) is 4.00. The van der Waals surface area contributed by atoms with Gasteiger partial charge in [0.15, 0.2) is 0 Å². The van der Waals surface area contributed by atoms with Crippen LogP contribution in [0.3, 0.4) is 0 Å². The summed E-state index contributed by atoms with van der Waals surface area (Å²) < 4.78 is 0. The third-order valence-corrected chi connectivity index (χ3v) is 4.98. The Bertz CT molecular complexity index is 253.